The molecule has 2 saturated carbocycles. The van der Waals surface area contributed by atoms with Crippen LogP contribution in [0.5, 0.6) is 5.75 Å². The second-order valence-electron chi connectivity index (χ2n) is 8.91. The third kappa shape index (κ3) is 2.64. The topological polar surface area (TPSA) is 118 Å². The number of fused-ring (bicyclic) bond motifs is 1. The Kier molecular flexibility index (Phi) is 4.04. The van der Waals surface area contributed by atoms with Crippen LogP contribution >= 0.6 is 11.6 Å². The molecule has 7 nitrogen and oxygen atoms in total. The van der Waals surface area contributed by atoms with Crippen LogP contribution in [-0.4, -0.2) is 39.9 Å². The van der Waals surface area contributed by atoms with E-state index in [0.29, 0.717) is 16.1 Å². The summed E-state index contributed by atoms with van der Waals surface area (Å²) in [6, 6.07) is 1.57. The number of piperidine rings is 1. The molecule has 2 aromatic rings. The van der Waals surface area contributed by atoms with Crippen LogP contribution < -0.4 is 16.5 Å². The lowest BCUT2D eigenvalue weighted by atomic mass is 9.79. The first-order chi connectivity index (χ1) is 13.8. The summed E-state index contributed by atoms with van der Waals surface area (Å²) in [4.78, 5) is 24.3. The average Bonchev–Trinajstić information content (AvgIpc) is 3.57. The summed E-state index contributed by atoms with van der Waals surface area (Å²) in [5.41, 5.74) is 6.48. The number of aromatic hydroxyl groups is 1. The van der Waals surface area contributed by atoms with Gasteiger partial charge < -0.3 is 25.8 Å². The van der Waals surface area contributed by atoms with Crippen molar-refractivity contribution in [2.45, 2.75) is 44.2 Å². The highest BCUT2D eigenvalue weighted by Gasteiger charge is 2.61. The molecule has 1 saturated heterocycles. The maximum absolute atomic E-state index is 12.8. The third-order valence-electron chi connectivity index (χ3n) is 7.29. The van der Waals surface area contributed by atoms with Gasteiger partial charge in [-0.15, -0.1) is 0 Å². The highest BCUT2D eigenvalue weighted by atomic mass is 35.5. The lowest BCUT2D eigenvalue weighted by molar-refractivity contribution is 0.0695. The molecule has 5 N–H and O–H groups in total. The van der Waals surface area contributed by atoms with Crippen LogP contribution in [0.2, 0.25) is 5.02 Å². The summed E-state index contributed by atoms with van der Waals surface area (Å²) in [7, 11) is 0. The molecule has 3 unspecified atom stereocenters. The minimum Gasteiger partial charge on any atom is -0.508 e. The predicted octanol–water partition coefficient (Wildman–Crippen LogP) is 2.43. The van der Waals surface area contributed by atoms with E-state index >= 15 is 0 Å². The number of rotatable bonds is 3. The van der Waals surface area contributed by atoms with Gasteiger partial charge in [-0.2, -0.15) is 0 Å². The monoisotopic (exact) mass is 417 g/mol. The number of carboxylic acid groups (broad SMARTS) is 1. The standard InChI is InChI=1S/C21H24ClN3O4/c1-9-14(23)6-24-8-21(9)5-13(21)16-15(26)4-11-18(17(16)22)25(10-2-3-10)7-12(19(11)27)20(28)29/h4,7,9-10,13-14,24,26H,2-3,5-6,8,23H2,1H3,(H,28,29)/t9-,13?,14?,21?/m1/s1. The van der Waals surface area contributed by atoms with E-state index in [1.165, 1.54) is 12.3 Å². The number of halogens is 1. The van der Waals surface area contributed by atoms with Gasteiger partial charge in [-0.25, -0.2) is 4.79 Å². The second kappa shape index (κ2) is 6.20. The number of hydrogen-bond acceptors (Lipinski definition) is 5. The third-order valence-corrected chi connectivity index (χ3v) is 7.68. The second-order valence-corrected chi connectivity index (χ2v) is 9.29. The van der Waals surface area contributed by atoms with Crippen molar-refractivity contribution in [2.24, 2.45) is 17.1 Å². The molecule has 1 aromatic carbocycles. The fourth-order valence-electron chi connectivity index (χ4n) is 5.24. The van der Waals surface area contributed by atoms with Crippen molar-refractivity contribution in [1.82, 2.24) is 9.88 Å². The largest absolute Gasteiger partial charge is 0.508 e. The number of carboxylic acids is 1. The summed E-state index contributed by atoms with van der Waals surface area (Å²) >= 11 is 6.83. The van der Waals surface area contributed by atoms with E-state index in [1.54, 1.807) is 0 Å². The van der Waals surface area contributed by atoms with E-state index < -0.39 is 11.4 Å². The molecular formula is C21H24ClN3O4. The van der Waals surface area contributed by atoms with Gasteiger partial charge in [0.15, 0.2) is 0 Å². The zero-order valence-electron chi connectivity index (χ0n) is 16.1. The summed E-state index contributed by atoms with van der Waals surface area (Å²) in [5.74, 6) is -0.990. The molecule has 0 radical (unpaired) electrons. The molecule has 154 valence electrons. The molecule has 8 heteroatoms. The number of benzene rings is 1. The molecular weight excluding hydrogens is 394 g/mol. The van der Waals surface area contributed by atoms with Crippen molar-refractivity contribution in [3.8, 4) is 5.75 Å². The van der Waals surface area contributed by atoms with E-state index in [0.717, 1.165) is 32.4 Å². The minimum atomic E-state index is -1.27. The van der Waals surface area contributed by atoms with Crippen LogP contribution in [-0.2, 0) is 0 Å². The lowest BCUT2D eigenvalue weighted by Gasteiger charge is -2.36. The van der Waals surface area contributed by atoms with Crippen LogP contribution in [0.15, 0.2) is 17.1 Å². The fourth-order valence-corrected chi connectivity index (χ4v) is 5.67. The van der Waals surface area contributed by atoms with Gasteiger partial charge in [0.1, 0.15) is 11.3 Å². The van der Waals surface area contributed by atoms with Gasteiger partial charge in [0.25, 0.3) is 0 Å². The van der Waals surface area contributed by atoms with Crippen molar-refractivity contribution in [2.75, 3.05) is 13.1 Å². The van der Waals surface area contributed by atoms with Crippen molar-refractivity contribution < 1.29 is 15.0 Å². The SMILES string of the molecule is C[C@@H]1C(N)CNCC12CC2c1c(O)cc2c(=O)c(C(=O)O)cn(C3CC3)c2c1Cl. The number of nitrogens with zero attached hydrogens (tertiary/aromatic N) is 1. The Hall–Kier alpha value is -2.09. The average molecular weight is 418 g/mol. The number of aromatic carboxylic acids is 1. The highest BCUT2D eigenvalue weighted by Crippen LogP contribution is 2.67. The number of phenolic OH excluding ortho intramolecular Hbond substituents is 1. The van der Waals surface area contributed by atoms with Gasteiger partial charge in [-0.05, 0) is 42.6 Å². The maximum Gasteiger partial charge on any atom is 0.341 e. The molecule has 2 aliphatic carbocycles. The lowest BCUT2D eigenvalue weighted by Crippen LogP contribution is -2.51. The van der Waals surface area contributed by atoms with Crippen molar-refractivity contribution in [3.63, 3.8) is 0 Å². The van der Waals surface area contributed by atoms with E-state index in [1.807, 2.05) is 4.57 Å². The van der Waals surface area contributed by atoms with Gasteiger partial charge in [-0.3, -0.25) is 4.79 Å². The Morgan fingerprint density at radius 2 is 2.14 bits per heavy atom. The first-order valence-corrected chi connectivity index (χ1v) is 10.4. The molecule has 29 heavy (non-hydrogen) atoms. The summed E-state index contributed by atoms with van der Waals surface area (Å²) in [6.07, 6.45) is 4.09. The molecule has 3 aliphatic rings. The quantitative estimate of drug-likeness (QED) is 0.609. The number of nitrogens with one attached hydrogen (secondary N) is 1. The number of nitrogens with two attached hydrogens (primary N) is 1. The van der Waals surface area contributed by atoms with Gasteiger partial charge in [-0.1, -0.05) is 18.5 Å². The Balaban J connectivity index is 1.71. The van der Waals surface area contributed by atoms with Crippen LogP contribution in [0.1, 0.15) is 54.1 Å². The van der Waals surface area contributed by atoms with Crippen LogP contribution in [0.25, 0.3) is 10.9 Å². The number of aromatic nitrogens is 1. The van der Waals surface area contributed by atoms with Crippen LogP contribution in [0.4, 0.5) is 0 Å². The normalized spacial score (nSPS) is 31.3. The van der Waals surface area contributed by atoms with E-state index in [9.17, 15) is 19.8 Å². The molecule has 4 atom stereocenters. The predicted molar refractivity (Wildman–Crippen MR) is 110 cm³/mol. The van der Waals surface area contributed by atoms with Crippen molar-refractivity contribution >= 4 is 28.5 Å². The number of hydrogen-bond donors (Lipinski definition) is 4. The Labute approximate surface area is 172 Å². The molecule has 0 bridgehead atoms. The summed E-state index contributed by atoms with van der Waals surface area (Å²) in [6.45, 7) is 3.73. The summed E-state index contributed by atoms with van der Waals surface area (Å²) in [5, 5.41) is 24.2. The van der Waals surface area contributed by atoms with Gasteiger partial charge in [0.2, 0.25) is 5.43 Å². The maximum atomic E-state index is 12.8. The van der Waals surface area contributed by atoms with E-state index in [-0.39, 0.29) is 46.0 Å². The number of pyridine rings is 1. The van der Waals surface area contributed by atoms with Crippen molar-refractivity contribution in [3.05, 3.63) is 38.6 Å². The first kappa shape index (κ1) is 18.9. The molecule has 1 aromatic heterocycles. The Morgan fingerprint density at radius 3 is 2.79 bits per heavy atom. The minimum absolute atomic E-state index is 0.0397. The first-order valence-electron chi connectivity index (χ1n) is 10.1. The Bertz CT molecular complexity index is 1110. The van der Waals surface area contributed by atoms with Crippen LogP contribution in [0.3, 0.4) is 0 Å². The molecule has 3 fully saturated rings. The van der Waals surface area contributed by atoms with Gasteiger partial charge in [0, 0.05) is 36.9 Å². The fraction of sp³-hybridized carbons (Fsp3) is 0.524. The van der Waals surface area contributed by atoms with E-state index in [2.05, 4.69) is 12.2 Å². The van der Waals surface area contributed by atoms with Gasteiger partial charge in [0.05, 0.1) is 15.9 Å². The van der Waals surface area contributed by atoms with Gasteiger partial charge >= 0.3 is 5.97 Å². The zero-order chi connectivity index (χ0) is 20.7. The highest BCUT2D eigenvalue weighted by molar-refractivity contribution is 6.36. The van der Waals surface area contributed by atoms with Crippen molar-refractivity contribution in [1.29, 1.82) is 0 Å². The smallest absolute Gasteiger partial charge is 0.341 e. The number of phenols is 1. The zero-order valence-corrected chi connectivity index (χ0v) is 16.9. The molecule has 2 heterocycles. The van der Waals surface area contributed by atoms with E-state index in [4.69, 9.17) is 17.3 Å². The van der Waals surface area contributed by atoms with Crippen LogP contribution in [0, 0.1) is 11.3 Å². The number of carbonyl (C=O) groups is 1. The molecule has 5 rings (SSSR count). The molecule has 1 spiro atoms. The summed E-state index contributed by atoms with van der Waals surface area (Å²) < 4.78 is 1.81. The Morgan fingerprint density at radius 1 is 1.41 bits per heavy atom. The molecule has 1 aliphatic heterocycles. The molecule has 0 amide bonds.